The van der Waals surface area contributed by atoms with Gasteiger partial charge in [-0.2, -0.15) is 5.06 Å². The predicted molar refractivity (Wildman–Crippen MR) is 178 cm³/mol. The molecule has 2 aromatic carbocycles. The van der Waals surface area contributed by atoms with E-state index in [2.05, 4.69) is 38.0 Å². The quantitative estimate of drug-likeness (QED) is 0.338. The van der Waals surface area contributed by atoms with Gasteiger partial charge in [0.05, 0.1) is 26.4 Å². The molecule has 4 N–H and O–H groups in total. The van der Waals surface area contributed by atoms with Crippen LogP contribution in [-0.4, -0.2) is 81.7 Å². The third kappa shape index (κ3) is 7.41. The number of amides is 2. The second-order valence-corrected chi connectivity index (χ2v) is 13.6. The molecule has 0 bridgehead atoms. The Labute approximate surface area is 267 Å². The highest BCUT2D eigenvalue weighted by molar-refractivity contribution is 5.97. The van der Waals surface area contributed by atoms with E-state index in [1.807, 2.05) is 61.6 Å². The number of aliphatic hydroxyl groups excluding tert-OH is 1. The maximum Gasteiger partial charge on any atom is 0.265 e. The SMILES string of the molecule is CNC(=O)c1cc(-c2cccc(CN3O[C@@H](CN)C(CO)[C@H]3C(=O)N=CC3C[C@@H](C)C(C)(C)C[C@@H]3C)c2OC)cc(N(C)C)c1. The number of hydroxylamine groups is 2. The summed E-state index contributed by atoms with van der Waals surface area (Å²) in [6.07, 6.45) is 3.34. The second-order valence-electron chi connectivity index (χ2n) is 13.6. The maximum atomic E-state index is 13.8. The van der Waals surface area contributed by atoms with Gasteiger partial charge in [0.15, 0.2) is 0 Å². The van der Waals surface area contributed by atoms with Gasteiger partial charge in [0.25, 0.3) is 11.8 Å². The highest BCUT2D eigenvalue weighted by Crippen LogP contribution is 2.45. The van der Waals surface area contributed by atoms with Crippen molar-refractivity contribution < 1.29 is 24.3 Å². The third-order valence-corrected chi connectivity index (χ3v) is 9.95. The molecular formula is C35H51N5O5. The predicted octanol–water partition coefficient (Wildman–Crippen LogP) is 4.15. The van der Waals surface area contributed by atoms with Gasteiger partial charge >= 0.3 is 0 Å². The number of aliphatic imine (C=N–C) groups is 1. The second kappa shape index (κ2) is 14.4. The van der Waals surface area contributed by atoms with Gasteiger partial charge in [0, 0.05) is 62.2 Å². The van der Waals surface area contributed by atoms with Crippen LogP contribution in [0.1, 0.15) is 56.5 Å². The molecule has 2 aliphatic rings. The van der Waals surface area contributed by atoms with Crippen molar-refractivity contribution in [2.45, 2.75) is 59.2 Å². The number of carbonyl (C=O) groups excluding carboxylic acids is 2. The van der Waals surface area contributed by atoms with E-state index in [4.69, 9.17) is 15.3 Å². The summed E-state index contributed by atoms with van der Waals surface area (Å²) in [4.78, 5) is 39.0. The lowest BCUT2D eigenvalue weighted by atomic mass is 9.62. The van der Waals surface area contributed by atoms with E-state index in [1.165, 1.54) is 0 Å². The van der Waals surface area contributed by atoms with Crippen molar-refractivity contribution in [3.63, 3.8) is 0 Å². The molecule has 1 saturated heterocycles. The fourth-order valence-electron chi connectivity index (χ4n) is 6.85. The molecule has 1 heterocycles. The van der Waals surface area contributed by atoms with Crippen LogP contribution in [0.4, 0.5) is 5.69 Å². The number of ether oxygens (including phenoxy) is 1. The number of nitrogens with two attached hydrogens (primary N) is 1. The number of benzene rings is 2. The molecule has 2 amide bonds. The van der Waals surface area contributed by atoms with Gasteiger partial charge in [-0.25, -0.2) is 4.99 Å². The van der Waals surface area contributed by atoms with Gasteiger partial charge in [0.1, 0.15) is 11.8 Å². The molecule has 0 radical (unpaired) electrons. The van der Waals surface area contributed by atoms with Crippen molar-refractivity contribution in [1.82, 2.24) is 10.4 Å². The standard InChI is InChI=1S/C35H51N5O5/c1-21-16-35(3,4)22(2)12-26(21)18-38-34(43)31-29(20-41)30(17-36)45-40(31)19-23-10-9-11-28(32(23)44-8)24-13-25(33(42)37-5)15-27(14-24)39(6)7/h9-11,13-15,18,21-22,26,29-31,41H,12,16-17,19-20,36H2,1-8H3,(H,37,42)/t21-,22+,26?,29?,30-,31-/m0/s1. The van der Waals surface area contributed by atoms with Crippen LogP contribution in [-0.2, 0) is 16.2 Å². The molecule has 2 aromatic rings. The zero-order valence-electron chi connectivity index (χ0n) is 28.0. The van der Waals surface area contributed by atoms with Gasteiger partial charge in [0.2, 0.25) is 0 Å². The average Bonchev–Trinajstić information content (AvgIpc) is 3.38. The molecule has 10 heteroatoms. The van der Waals surface area contributed by atoms with E-state index < -0.39 is 18.1 Å². The van der Waals surface area contributed by atoms with Crippen LogP contribution in [0.5, 0.6) is 5.75 Å². The molecule has 2 fully saturated rings. The molecule has 0 aromatic heterocycles. The average molecular weight is 622 g/mol. The number of hydrogen-bond donors (Lipinski definition) is 3. The molecule has 1 aliphatic carbocycles. The molecule has 1 saturated carbocycles. The van der Waals surface area contributed by atoms with Crippen molar-refractivity contribution in [3.8, 4) is 16.9 Å². The molecule has 2 unspecified atom stereocenters. The Morgan fingerprint density at radius 2 is 1.98 bits per heavy atom. The normalized spacial score (nSPS) is 26.6. The van der Waals surface area contributed by atoms with Gasteiger partial charge in [-0.15, -0.1) is 0 Å². The van der Waals surface area contributed by atoms with E-state index in [0.29, 0.717) is 23.1 Å². The molecule has 6 atom stereocenters. The van der Waals surface area contributed by atoms with E-state index in [0.717, 1.165) is 35.2 Å². The van der Waals surface area contributed by atoms with Gasteiger partial charge in [-0.3, -0.25) is 14.4 Å². The Morgan fingerprint density at radius 3 is 2.60 bits per heavy atom. The highest BCUT2D eigenvalue weighted by Gasteiger charge is 2.47. The van der Waals surface area contributed by atoms with E-state index in [-0.39, 0.29) is 42.8 Å². The minimum Gasteiger partial charge on any atom is -0.496 e. The van der Waals surface area contributed by atoms with E-state index in [1.54, 1.807) is 19.2 Å². The van der Waals surface area contributed by atoms with Crippen molar-refractivity contribution in [1.29, 1.82) is 0 Å². The number of nitrogens with zero attached hydrogens (tertiary/aromatic N) is 3. The maximum absolute atomic E-state index is 13.8. The van der Waals surface area contributed by atoms with Crippen LogP contribution in [0.15, 0.2) is 41.4 Å². The lowest BCUT2D eigenvalue weighted by Gasteiger charge is -2.43. The van der Waals surface area contributed by atoms with Crippen molar-refractivity contribution in [3.05, 3.63) is 47.5 Å². The zero-order valence-corrected chi connectivity index (χ0v) is 28.0. The van der Waals surface area contributed by atoms with Gasteiger partial charge in [-0.05, 0) is 59.8 Å². The fourth-order valence-corrected chi connectivity index (χ4v) is 6.85. The number of hydrogen-bond acceptors (Lipinski definition) is 8. The van der Waals surface area contributed by atoms with Crippen LogP contribution in [0.3, 0.4) is 0 Å². The van der Waals surface area contributed by atoms with E-state index >= 15 is 0 Å². The first-order valence-electron chi connectivity index (χ1n) is 15.9. The smallest absolute Gasteiger partial charge is 0.265 e. The lowest BCUT2D eigenvalue weighted by Crippen LogP contribution is -2.41. The van der Waals surface area contributed by atoms with Crippen LogP contribution in [0.2, 0.25) is 0 Å². The number of para-hydroxylation sites is 1. The number of rotatable bonds is 10. The number of carbonyl (C=O) groups is 2. The van der Waals surface area contributed by atoms with Gasteiger partial charge in [-0.1, -0.05) is 45.9 Å². The minimum atomic E-state index is -0.808. The Kier molecular flexibility index (Phi) is 11.1. The first kappa shape index (κ1) is 34.6. The summed E-state index contributed by atoms with van der Waals surface area (Å²) in [6, 6.07) is 10.6. The lowest BCUT2D eigenvalue weighted by molar-refractivity contribution is -0.172. The Bertz CT molecular complexity index is 1390. The van der Waals surface area contributed by atoms with Crippen molar-refractivity contribution in [2.24, 2.45) is 39.8 Å². The summed E-state index contributed by atoms with van der Waals surface area (Å²) in [5, 5.41) is 14.7. The first-order chi connectivity index (χ1) is 21.3. The summed E-state index contributed by atoms with van der Waals surface area (Å²) < 4.78 is 5.95. The Balaban J connectivity index is 1.66. The molecule has 0 spiro atoms. The molecule has 246 valence electrons. The van der Waals surface area contributed by atoms with Crippen LogP contribution < -0.4 is 20.7 Å². The monoisotopic (exact) mass is 621 g/mol. The minimum absolute atomic E-state index is 0.151. The highest BCUT2D eigenvalue weighted by atomic mass is 16.7. The summed E-state index contributed by atoms with van der Waals surface area (Å²) in [5.41, 5.74) is 10.1. The molecule has 10 nitrogen and oxygen atoms in total. The van der Waals surface area contributed by atoms with E-state index in [9.17, 15) is 14.7 Å². The third-order valence-electron chi connectivity index (χ3n) is 9.95. The molecule has 4 rings (SSSR count). The fraction of sp³-hybridized carbons (Fsp3) is 0.571. The first-order valence-corrected chi connectivity index (χ1v) is 15.9. The summed E-state index contributed by atoms with van der Waals surface area (Å²) in [6.45, 7) is 9.21. The van der Waals surface area contributed by atoms with Crippen LogP contribution in [0.25, 0.3) is 11.1 Å². The number of nitrogens with one attached hydrogen (secondary N) is 1. The zero-order chi connectivity index (χ0) is 33.1. The molecule has 1 aliphatic heterocycles. The summed E-state index contributed by atoms with van der Waals surface area (Å²) >= 11 is 0. The topological polar surface area (TPSA) is 130 Å². The van der Waals surface area contributed by atoms with Crippen molar-refractivity contribution >= 4 is 23.7 Å². The Morgan fingerprint density at radius 1 is 1.24 bits per heavy atom. The molecular weight excluding hydrogens is 570 g/mol. The largest absolute Gasteiger partial charge is 0.496 e. The van der Waals surface area contributed by atoms with Crippen LogP contribution >= 0.6 is 0 Å². The van der Waals surface area contributed by atoms with Crippen molar-refractivity contribution in [2.75, 3.05) is 46.3 Å². The number of aliphatic hydroxyl groups is 1. The number of methoxy groups -OCH3 is 1. The molecule has 45 heavy (non-hydrogen) atoms. The summed E-state index contributed by atoms with van der Waals surface area (Å²) in [7, 11) is 7.05. The van der Waals surface area contributed by atoms with Crippen LogP contribution in [0, 0.1) is 29.1 Å². The van der Waals surface area contributed by atoms with Gasteiger partial charge < -0.3 is 25.8 Å². The Hall–Kier alpha value is -3.31. The number of anilines is 1. The summed E-state index contributed by atoms with van der Waals surface area (Å²) in [5.74, 6) is 0.672.